The summed E-state index contributed by atoms with van der Waals surface area (Å²) in [5, 5.41) is 10.6. The van der Waals surface area contributed by atoms with Crippen molar-refractivity contribution in [2.75, 3.05) is 13.2 Å². The van der Waals surface area contributed by atoms with Gasteiger partial charge in [-0.3, -0.25) is 14.5 Å². The van der Waals surface area contributed by atoms with Crippen molar-refractivity contribution in [3.63, 3.8) is 0 Å². The van der Waals surface area contributed by atoms with Crippen LogP contribution in [0.5, 0.6) is 0 Å². The monoisotopic (exact) mass is 393 g/mol. The molecule has 2 aromatic carbocycles. The normalized spacial score (nSPS) is 22.8. The number of hydrogen-bond acceptors (Lipinski definition) is 4. The second-order valence-corrected chi connectivity index (χ2v) is 7.97. The van der Waals surface area contributed by atoms with Crippen LogP contribution in [0.4, 0.5) is 0 Å². The summed E-state index contributed by atoms with van der Waals surface area (Å²) in [7, 11) is 0. The van der Waals surface area contributed by atoms with Gasteiger partial charge in [-0.25, -0.2) is 0 Å². The van der Waals surface area contributed by atoms with Crippen LogP contribution in [0.1, 0.15) is 42.9 Å². The number of amides is 2. The molecule has 4 rings (SSSR count). The molecule has 5 nitrogen and oxygen atoms in total. The summed E-state index contributed by atoms with van der Waals surface area (Å²) in [5.74, 6) is -0.626. The Labute approximate surface area is 171 Å². The summed E-state index contributed by atoms with van der Waals surface area (Å²) < 4.78 is 6.08. The minimum absolute atomic E-state index is 0.000958. The zero-order valence-corrected chi connectivity index (χ0v) is 16.4. The number of imide groups is 1. The van der Waals surface area contributed by atoms with Crippen molar-refractivity contribution in [2.24, 2.45) is 11.8 Å². The molecule has 0 radical (unpaired) electrons. The third kappa shape index (κ3) is 4.26. The number of hydrogen-bond donors (Lipinski definition) is 1. The SMILES string of the molecule is O=C1C2CCCCC2C(=O)N1CC(O)COC(c1ccccc1)c1ccccc1. The predicted octanol–water partition coefficient (Wildman–Crippen LogP) is 3.33. The lowest BCUT2D eigenvalue weighted by atomic mass is 9.81. The fourth-order valence-corrected chi connectivity index (χ4v) is 4.52. The van der Waals surface area contributed by atoms with Crippen LogP contribution in [0, 0.1) is 11.8 Å². The first kappa shape index (κ1) is 19.8. The van der Waals surface area contributed by atoms with Gasteiger partial charge >= 0.3 is 0 Å². The Bertz CT molecular complexity index is 775. The smallest absolute Gasteiger partial charge is 0.233 e. The molecular formula is C24H27NO4. The number of aliphatic hydroxyl groups excluding tert-OH is 1. The molecule has 1 aliphatic carbocycles. The minimum atomic E-state index is -0.919. The van der Waals surface area contributed by atoms with E-state index in [9.17, 15) is 14.7 Å². The molecule has 0 bridgehead atoms. The van der Waals surface area contributed by atoms with E-state index in [1.807, 2.05) is 60.7 Å². The van der Waals surface area contributed by atoms with E-state index in [-0.39, 0.29) is 42.9 Å². The van der Waals surface area contributed by atoms with Crippen molar-refractivity contribution < 1.29 is 19.4 Å². The summed E-state index contributed by atoms with van der Waals surface area (Å²) in [6.45, 7) is 0.0435. The molecule has 1 saturated heterocycles. The van der Waals surface area contributed by atoms with E-state index in [0.29, 0.717) is 0 Å². The lowest BCUT2D eigenvalue weighted by molar-refractivity contribution is -0.142. The van der Waals surface area contributed by atoms with Gasteiger partial charge in [0.25, 0.3) is 0 Å². The Kier molecular flexibility index (Phi) is 6.07. The number of β-amino-alcohol motifs (C(OH)–C–C–N with tert-alkyl or cyclic N) is 1. The highest BCUT2D eigenvalue weighted by Crippen LogP contribution is 2.38. The first-order valence-electron chi connectivity index (χ1n) is 10.4. The van der Waals surface area contributed by atoms with Crippen LogP contribution in [-0.2, 0) is 14.3 Å². The molecule has 1 saturated carbocycles. The average molecular weight is 393 g/mol. The zero-order chi connectivity index (χ0) is 20.2. The Balaban J connectivity index is 1.41. The van der Waals surface area contributed by atoms with Gasteiger partial charge in [0.15, 0.2) is 0 Å². The quantitative estimate of drug-likeness (QED) is 0.733. The van der Waals surface area contributed by atoms with Crippen molar-refractivity contribution in [3.8, 4) is 0 Å². The highest BCUT2D eigenvalue weighted by molar-refractivity contribution is 6.05. The van der Waals surface area contributed by atoms with E-state index in [1.165, 1.54) is 4.90 Å². The number of nitrogens with zero attached hydrogens (tertiary/aromatic N) is 1. The molecule has 3 unspecified atom stereocenters. The van der Waals surface area contributed by atoms with Crippen LogP contribution in [0.3, 0.4) is 0 Å². The number of carbonyl (C=O) groups is 2. The van der Waals surface area contributed by atoms with Crippen molar-refractivity contribution in [2.45, 2.75) is 37.9 Å². The maximum atomic E-state index is 12.6. The maximum Gasteiger partial charge on any atom is 0.233 e. The summed E-state index contributed by atoms with van der Waals surface area (Å²) >= 11 is 0. The lowest BCUT2D eigenvalue weighted by Crippen LogP contribution is -2.39. The summed E-state index contributed by atoms with van der Waals surface area (Å²) in [5.41, 5.74) is 1.98. The molecule has 3 atom stereocenters. The number of ether oxygens (including phenoxy) is 1. The van der Waals surface area contributed by atoms with E-state index < -0.39 is 6.10 Å². The Morgan fingerprint density at radius 2 is 1.34 bits per heavy atom. The second kappa shape index (κ2) is 8.89. The van der Waals surface area contributed by atoms with Gasteiger partial charge in [-0.15, -0.1) is 0 Å². The lowest BCUT2D eigenvalue weighted by Gasteiger charge is -2.23. The van der Waals surface area contributed by atoms with Gasteiger partial charge in [0.05, 0.1) is 31.1 Å². The fraction of sp³-hybridized carbons (Fsp3) is 0.417. The highest BCUT2D eigenvalue weighted by atomic mass is 16.5. The zero-order valence-electron chi connectivity index (χ0n) is 16.4. The molecule has 5 heteroatoms. The molecule has 29 heavy (non-hydrogen) atoms. The molecule has 1 aliphatic heterocycles. The molecule has 2 fully saturated rings. The average Bonchev–Trinajstić information content (AvgIpc) is 3.00. The van der Waals surface area contributed by atoms with Crippen LogP contribution >= 0.6 is 0 Å². The van der Waals surface area contributed by atoms with Crippen LogP contribution < -0.4 is 0 Å². The van der Waals surface area contributed by atoms with E-state index in [2.05, 4.69) is 0 Å². The van der Waals surface area contributed by atoms with Gasteiger partial charge in [0.1, 0.15) is 6.10 Å². The number of aliphatic hydroxyl groups is 1. The van der Waals surface area contributed by atoms with Gasteiger partial charge in [0, 0.05) is 0 Å². The Morgan fingerprint density at radius 1 is 0.862 bits per heavy atom. The topological polar surface area (TPSA) is 66.8 Å². The summed E-state index contributed by atoms with van der Waals surface area (Å²) in [6.07, 6.45) is 2.31. The number of fused-ring (bicyclic) bond motifs is 1. The van der Waals surface area contributed by atoms with Crippen molar-refractivity contribution in [3.05, 3.63) is 71.8 Å². The predicted molar refractivity (Wildman–Crippen MR) is 109 cm³/mol. The van der Waals surface area contributed by atoms with Crippen LogP contribution in [0.2, 0.25) is 0 Å². The molecule has 1 heterocycles. The molecule has 2 aromatic rings. The molecule has 0 aromatic heterocycles. The number of rotatable bonds is 7. The summed E-state index contributed by atoms with van der Waals surface area (Å²) in [6, 6.07) is 19.7. The first-order valence-corrected chi connectivity index (χ1v) is 10.4. The minimum Gasteiger partial charge on any atom is -0.389 e. The van der Waals surface area contributed by atoms with Crippen molar-refractivity contribution in [1.29, 1.82) is 0 Å². The van der Waals surface area contributed by atoms with Gasteiger partial charge in [0.2, 0.25) is 11.8 Å². The van der Waals surface area contributed by atoms with E-state index in [4.69, 9.17) is 4.74 Å². The van der Waals surface area contributed by atoms with E-state index >= 15 is 0 Å². The van der Waals surface area contributed by atoms with Gasteiger partial charge in [-0.05, 0) is 24.0 Å². The molecule has 1 N–H and O–H groups in total. The van der Waals surface area contributed by atoms with Gasteiger partial charge < -0.3 is 9.84 Å². The standard InChI is InChI=1S/C24H27NO4/c26-19(15-25-23(27)20-13-7-8-14-21(20)24(25)28)16-29-22(17-9-3-1-4-10-17)18-11-5-2-6-12-18/h1-6,9-12,19-22,26H,7-8,13-16H2. The Morgan fingerprint density at radius 3 is 1.83 bits per heavy atom. The number of benzene rings is 2. The molecular weight excluding hydrogens is 366 g/mol. The molecule has 0 spiro atoms. The molecule has 2 aliphatic rings. The molecule has 2 amide bonds. The Hall–Kier alpha value is -2.50. The third-order valence-corrected chi connectivity index (χ3v) is 5.99. The number of likely N-dealkylation sites (tertiary alicyclic amines) is 1. The van der Waals surface area contributed by atoms with E-state index in [1.54, 1.807) is 0 Å². The van der Waals surface area contributed by atoms with Crippen molar-refractivity contribution >= 4 is 11.8 Å². The van der Waals surface area contributed by atoms with E-state index in [0.717, 1.165) is 36.8 Å². The first-order chi connectivity index (χ1) is 14.1. The van der Waals surface area contributed by atoms with Crippen LogP contribution in [-0.4, -0.2) is 41.1 Å². The molecule has 152 valence electrons. The fourth-order valence-electron chi connectivity index (χ4n) is 4.52. The third-order valence-electron chi connectivity index (χ3n) is 5.99. The number of carbonyl (C=O) groups excluding carboxylic acids is 2. The second-order valence-electron chi connectivity index (χ2n) is 7.97. The highest BCUT2D eigenvalue weighted by Gasteiger charge is 2.48. The van der Waals surface area contributed by atoms with Gasteiger partial charge in [-0.1, -0.05) is 73.5 Å². The van der Waals surface area contributed by atoms with Crippen LogP contribution in [0.25, 0.3) is 0 Å². The van der Waals surface area contributed by atoms with Crippen LogP contribution in [0.15, 0.2) is 60.7 Å². The maximum absolute atomic E-state index is 12.6. The van der Waals surface area contributed by atoms with Crippen molar-refractivity contribution in [1.82, 2.24) is 4.90 Å². The van der Waals surface area contributed by atoms with Gasteiger partial charge in [-0.2, -0.15) is 0 Å². The largest absolute Gasteiger partial charge is 0.389 e. The summed E-state index contributed by atoms with van der Waals surface area (Å²) in [4.78, 5) is 26.5.